The quantitative estimate of drug-likeness (QED) is 0.883. The third kappa shape index (κ3) is 2.81. The zero-order chi connectivity index (χ0) is 12.3. The second-order valence-corrected chi connectivity index (χ2v) is 6.03. The topological polar surface area (TPSA) is 48.1 Å². The first-order chi connectivity index (χ1) is 7.43. The van der Waals surface area contributed by atoms with E-state index in [0.29, 0.717) is 6.54 Å². The Morgan fingerprint density at radius 3 is 2.38 bits per heavy atom. The number of methoxy groups -OCH3 is 1. The number of nitrogens with two attached hydrogens (primary N) is 1. The first-order valence-corrected chi connectivity index (χ1v) is 6.48. The van der Waals surface area contributed by atoms with Gasteiger partial charge in [-0.05, 0) is 6.42 Å². The van der Waals surface area contributed by atoms with Crippen molar-refractivity contribution in [3.63, 3.8) is 0 Å². The fourth-order valence-electron chi connectivity index (χ4n) is 1.67. The molecule has 1 atom stereocenters. The van der Waals surface area contributed by atoms with Gasteiger partial charge in [-0.25, -0.2) is 4.98 Å². The average molecular weight is 242 g/mol. The molecule has 0 saturated heterocycles. The molecule has 0 aliphatic rings. The molecule has 4 heteroatoms. The Morgan fingerprint density at radius 2 is 2.06 bits per heavy atom. The van der Waals surface area contributed by atoms with Crippen molar-refractivity contribution < 1.29 is 4.74 Å². The Kier molecular flexibility index (Phi) is 4.47. The van der Waals surface area contributed by atoms with Gasteiger partial charge in [0.15, 0.2) is 0 Å². The second-order valence-electron chi connectivity index (χ2n) is 4.91. The molecule has 0 amide bonds. The van der Waals surface area contributed by atoms with E-state index in [1.54, 1.807) is 18.4 Å². The second kappa shape index (κ2) is 5.25. The number of thiazole rings is 1. The first kappa shape index (κ1) is 13.6. The molecular formula is C12H22N2OS. The lowest BCUT2D eigenvalue weighted by Crippen LogP contribution is -2.15. The Balaban J connectivity index is 3.12. The van der Waals surface area contributed by atoms with Crippen LogP contribution >= 0.6 is 11.3 Å². The molecular weight excluding hydrogens is 220 g/mol. The van der Waals surface area contributed by atoms with Crippen LogP contribution in [0.15, 0.2) is 0 Å². The highest BCUT2D eigenvalue weighted by molar-refractivity contribution is 7.11. The predicted octanol–water partition coefficient (Wildman–Crippen LogP) is 3.00. The lowest BCUT2D eigenvalue weighted by atomic mass is 9.91. The van der Waals surface area contributed by atoms with Crippen molar-refractivity contribution in [1.29, 1.82) is 0 Å². The molecule has 1 unspecified atom stereocenters. The number of hydrogen-bond donors (Lipinski definition) is 1. The van der Waals surface area contributed by atoms with E-state index in [1.165, 1.54) is 4.88 Å². The van der Waals surface area contributed by atoms with Crippen LogP contribution in [0.5, 0.6) is 0 Å². The lowest BCUT2D eigenvalue weighted by Gasteiger charge is -2.17. The minimum Gasteiger partial charge on any atom is -0.374 e. The van der Waals surface area contributed by atoms with E-state index in [9.17, 15) is 0 Å². The molecule has 0 spiro atoms. The van der Waals surface area contributed by atoms with Crippen molar-refractivity contribution in [3.05, 3.63) is 15.6 Å². The van der Waals surface area contributed by atoms with Crippen LogP contribution in [0.1, 0.15) is 55.8 Å². The molecule has 0 bridgehead atoms. The highest BCUT2D eigenvalue weighted by Crippen LogP contribution is 2.33. The van der Waals surface area contributed by atoms with Crippen molar-refractivity contribution >= 4 is 11.3 Å². The Bertz CT molecular complexity index is 337. The molecule has 16 heavy (non-hydrogen) atoms. The molecule has 1 rings (SSSR count). The van der Waals surface area contributed by atoms with Crippen molar-refractivity contribution in [2.75, 3.05) is 7.11 Å². The van der Waals surface area contributed by atoms with Crippen LogP contribution < -0.4 is 5.73 Å². The first-order valence-electron chi connectivity index (χ1n) is 5.67. The summed E-state index contributed by atoms with van der Waals surface area (Å²) in [6, 6.07) is 0. The molecule has 0 aliphatic carbocycles. The summed E-state index contributed by atoms with van der Waals surface area (Å²) < 4.78 is 5.42. The molecule has 0 aliphatic heterocycles. The van der Waals surface area contributed by atoms with Crippen molar-refractivity contribution in [3.8, 4) is 0 Å². The highest BCUT2D eigenvalue weighted by Gasteiger charge is 2.24. The zero-order valence-electron chi connectivity index (χ0n) is 10.8. The van der Waals surface area contributed by atoms with Crippen LogP contribution in [0.3, 0.4) is 0 Å². The van der Waals surface area contributed by atoms with Crippen molar-refractivity contribution in [1.82, 2.24) is 4.98 Å². The number of hydrogen-bond acceptors (Lipinski definition) is 4. The van der Waals surface area contributed by atoms with Gasteiger partial charge in [0.1, 0.15) is 11.1 Å². The van der Waals surface area contributed by atoms with Gasteiger partial charge in [-0.2, -0.15) is 0 Å². The molecule has 0 aromatic carbocycles. The molecule has 0 saturated carbocycles. The summed E-state index contributed by atoms with van der Waals surface area (Å²) in [5.74, 6) is 0. The maximum Gasteiger partial charge on any atom is 0.122 e. The molecule has 2 N–H and O–H groups in total. The van der Waals surface area contributed by atoms with Gasteiger partial charge in [0.25, 0.3) is 0 Å². The van der Waals surface area contributed by atoms with Gasteiger partial charge in [0.2, 0.25) is 0 Å². The van der Waals surface area contributed by atoms with Crippen molar-refractivity contribution in [2.45, 2.75) is 52.2 Å². The van der Waals surface area contributed by atoms with E-state index in [-0.39, 0.29) is 11.5 Å². The number of rotatable bonds is 4. The van der Waals surface area contributed by atoms with Gasteiger partial charge >= 0.3 is 0 Å². The number of ether oxygens (including phenoxy) is 1. The minimum absolute atomic E-state index is 0.0511. The van der Waals surface area contributed by atoms with E-state index < -0.39 is 0 Å². The third-order valence-corrected chi connectivity index (χ3v) is 3.71. The molecule has 1 aromatic rings. The van der Waals surface area contributed by atoms with Crippen LogP contribution in [-0.2, 0) is 16.7 Å². The fourth-order valence-corrected chi connectivity index (χ4v) is 2.99. The largest absolute Gasteiger partial charge is 0.374 e. The van der Waals surface area contributed by atoms with E-state index in [4.69, 9.17) is 15.5 Å². The van der Waals surface area contributed by atoms with Gasteiger partial charge in [-0.15, -0.1) is 11.3 Å². The summed E-state index contributed by atoms with van der Waals surface area (Å²) in [4.78, 5) is 5.89. The van der Waals surface area contributed by atoms with Crippen LogP contribution in [0.25, 0.3) is 0 Å². The monoisotopic (exact) mass is 242 g/mol. The molecule has 0 radical (unpaired) electrons. The standard InChI is InChI=1S/C12H22N2OS/c1-6-8(15-5)11-14-10(12(2,3)4)9(7-13)16-11/h8H,6-7,13H2,1-5H3. The number of aromatic nitrogens is 1. The normalized spacial score (nSPS) is 14.1. The van der Waals surface area contributed by atoms with Gasteiger partial charge in [-0.3, -0.25) is 0 Å². The Hall–Kier alpha value is -0.450. The molecule has 3 nitrogen and oxygen atoms in total. The summed E-state index contributed by atoms with van der Waals surface area (Å²) in [7, 11) is 1.73. The van der Waals surface area contributed by atoms with E-state index in [2.05, 4.69) is 27.7 Å². The van der Waals surface area contributed by atoms with Crippen LogP contribution in [0.2, 0.25) is 0 Å². The maximum atomic E-state index is 5.77. The zero-order valence-corrected chi connectivity index (χ0v) is 11.6. The lowest BCUT2D eigenvalue weighted by molar-refractivity contribution is 0.0995. The predicted molar refractivity (Wildman–Crippen MR) is 68.7 cm³/mol. The van der Waals surface area contributed by atoms with E-state index >= 15 is 0 Å². The van der Waals surface area contributed by atoms with Crippen molar-refractivity contribution in [2.24, 2.45) is 5.73 Å². The van der Waals surface area contributed by atoms with Crippen LogP contribution in [0, 0.1) is 0 Å². The maximum absolute atomic E-state index is 5.77. The third-order valence-electron chi connectivity index (χ3n) is 2.54. The Morgan fingerprint density at radius 1 is 1.44 bits per heavy atom. The van der Waals surface area contributed by atoms with Crippen LogP contribution in [-0.4, -0.2) is 12.1 Å². The van der Waals surface area contributed by atoms with Gasteiger partial charge in [0.05, 0.1) is 5.69 Å². The fraction of sp³-hybridized carbons (Fsp3) is 0.750. The van der Waals surface area contributed by atoms with Gasteiger partial charge < -0.3 is 10.5 Å². The smallest absolute Gasteiger partial charge is 0.122 e. The summed E-state index contributed by atoms with van der Waals surface area (Å²) >= 11 is 1.68. The molecule has 92 valence electrons. The van der Waals surface area contributed by atoms with E-state index in [1.807, 2.05) is 0 Å². The average Bonchev–Trinajstić information content (AvgIpc) is 2.63. The van der Waals surface area contributed by atoms with Crippen LogP contribution in [0.4, 0.5) is 0 Å². The SMILES string of the molecule is CCC(OC)c1nc(C(C)(C)C)c(CN)s1. The summed E-state index contributed by atoms with van der Waals surface area (Å²) in [6.07, 6.45) is 1.05. The summed E-state index contributed by atoms with van der Waals surface area (Å²) in [5.41, 5.74) is 6.94. The Labute approximate surface area is 102 Å². The summed E-state index contributed by atoms with van der Waals surface area (Å²) in [6.45, 7) is 9.16. The molecule has 1 heterocycles. The van der Waals surface area contributed by atoms with E-state index in [0.717, 1.165) is 17.1 Å². The molecule has 0 fully saturated rings. The number of nitrogens with zero attached hydrogens (tertiary/aromatic N) is 1. The highest BCUT2D eigenvalue weighted by atomic mass is 32.1. The minimum atomic E-state index is 0.0511. The molecule has 1 aromatic heterocycles. The van der Waals surface area contributed by atoms with Gasteiger partial charge in [0, 0.05) is 23.9 Å². The summed E-state index contributed by atoms with van der Waals surface area (Å²) in [5, 5.41) is 1.05. The van der Waals surface area contributed by atoms with Gasteiger partial charge in [-0.1, -0.05) is 27.7 Å².